The van der Waals surface area contributed by atoms with Gasteiger partial charge in [-0.2, -0.15) is 0 Å². The Bertz CT molecular complexity index is 214. The van der Waals surface area contributed by atoms with Crippen LogP contribution in [0.4, 0.5) is 0 Å². The normalized spacial score (nSPS) is 15.2. The molecule has 0 aliphatic carbocycles. The molecule has 2 atom stereocenters. The highest BCUT2D eigenvalue weighted by atomic mass is 16.4. The number of carboxylic acid groups (broad SMARTS) is 1. The van der Waals surface area contributed by atoms with Crippen molar-refractivity contribution >= 4 is 5.97 Å². The smallest absolute Gasteiger partial charge is 0.307 e. The summed E-state index contributed by atoms with van der Waals surface area (Å²) in [5.74, 6) is 0.830. The minimum Gasteiger partial charge on any atom is -0.481 e. The SMILES string of the molecule is CC(C)CC(C)CNCC(CC(C)C)C(=O)O. The van der Waals surface area contributed by atoms with Crippen molar-refractivity contribution in [2.75, 3.05) is 13.1 Å². The lowest BCUT2D eigenvalue weighted by Gasteiger charge is -2.18. The number of carboxylic acids is 1. The highest BCUT2D eigenvalue weighted by Crippen LogP contribution is 2.12. The van der Waals surface area contributed by atoms with Crippen LogP contribution in [-0.4, -0.2) is 24.2 Å². The van der Waals surface area contributed by atoms with Crippen molar-refractivity contribution in [2.45, 2.75) is 47.5 Å². The Balaban J connectivity index is 3.85. The van der Waals surface area contributed by atoms with Crippen LogP contribution in [0.15, 0.2) is 0 Å². The number of hydrogen-bond donors (Lipinski definition) is 2. The third-order valence-electron chi connectivity index (χ3n) is 2.86. The summed E-state index contributed by atoms with van der Waals surface area (Å²) in [4.78, 5) is 11.0. The van der Waals surface area contributed by atoms with Crippen LogP contribution in [0.2, 0.25) is 0 Å². The van der Waals surface area contributed by atoms with Crippen molar-refractivity contribution in [3.63, 3.8) is 0 Å². The first-order chi connectivity index (χ1) is 7.82. The molecule has 2 unspecified atom stereocenters. The van der Waals surface area contributed by atoms with Gasteiger partial charge in [0.05, 0.1) is 5.92 Å². The molecule has 0 aliphatic rings. The molecular weight excluding hydrogens is 214 g/mol. The number of hydrogen-bond acceptors (Lipinski definition) is 2. The Morgan fingerprint density at radius 2 is 1.53 bits per heavy atom. The molecule has 0 spiro atoms. The van der Waals surface area contributed by atoms with Crippen LogP contribution in [0.1, 0.15) is 47.5 Å². The second-order valence-corrected chi connectivity index (χ2v) is 6.06. The summed E-state index contributed by atoms with van der Waals surface area (Å²) in [5.41, 5.74) is 0. The van der Waals surface area contributed by atoms with E-state index in [0.29, 0.717) is 24.3 Å². The molecule has 0 aromatic rings. The maximum absolute atomic E-state index is 11.0. The van der Waals surface area contributed by atoms with Gasteiger partial charge in [-0.15, -0.1) is 0 Å². The van der Waals surface area contributed by atoms with E-state index in [0.717, 1.165) is 13.0 Å². The molecule has 0 aliphatic heterocycles. The number of carbonyl (C=O) groups is 1. The Kier molecular flexibility index (Phi) is 8.23. The van der Waals surface area contributed by atoms with Crippen LogP contribution in [0, 0.1) is 23.7 Å². The zero-order chi connectivity index (χ0) is 13.4. The van der Waals surface area contributed by atoms with Crippen LogP contribution >= 0.6 is 0 Å². The zero-order valence-corrected chi connectivity index (χ0v) is 12.0. The van der Waals surface area contributed by atoms with Gasteiger partial charge < -0.3 is 10.4 Å². The van der Waals surface area contributed by atoms with Crippen LogP contribution in [-0.2, 0) is 4.79 Å². The minimum absolute atomic E-state index is 0.249. The van der Waals surface area contributed by atoms with E-state index >= 15 is 0 Å². The molecule has 0 fully saturated rings. The Labute approximate surface area is 106 Å². The summed E-state index contributed by atoms with van der Waals surface area (Å²) in [5, 5.41) is 12.4. The second-order valence-electron chi connectivity index (χ2n) is 6.06. The number of rotatable bonds is 9. The van der Waals surface area contributed by atoms with Crippen LogP contribution < -0.4 is 5.32 Å². The van der Waals surface area contributed by atoms with Crippen LogP contribution in [0.5, 0.6) is 0 Å². The molecule has 0 bridgehead atoms. The summed E-state index contributed by atoms with van der Waals surface area (Å²) >= 11 is 0. The Hall–Kier alpha value is -0.570. The van der Waals surface area contributed by atoms with Crippen LogP contribution in [0.3, 0.4) is 0 Å². The van der Waals surface area contributed by atoms with E-state index in [9.17, 15) is 4.79 Å². The molecule has 2 N–H and O–H groups in total. The van der Waals surface area contributed by atoms with Gasteiger partial charge in [0, 0.05) is 6.54 Å². The van der Waals surface area contributed by atoms with Crippen molar-refractivity contribution in [1.82, 2.24) is 5.32 Å². The molecule has 0 radical (unpaired) electrons. The lowest BCUT2D eigenvalue weighted by Crippen LogP contribution is -2.32. The minimum atomic E-state index is -0.678. The Morgan fingerprint density at radius 1 is 1.00 bits per heavy atom. The highest BCUT2D eigenvalue weighted by molar-refractivity contribution is 5.70. The van der Waals surface area contributed by atoms with Gasteiger partial charge in [-0.1, -0.05) is 34.6 Å². The van der Waals surface area contributed by atoms with Gasteiger partial charge in [0.25, 0.3) is 0 Å². The van der Waals surface area contributed by atoms with Gasteiger partial charge in [-0.3, -0.25) is 4.79 Å². The highest BCUT2D eigenvalue weighted by Gasteiger charge is 2.18. The largest absolute Gasteiger partial charge is 0.481 e. The van der Waals surface area contributed by atoms with Crippen molar-refractivity contribution in [1.29, 1.82) is 0 Å². The molecule has 0 amide bonds. The maximum Gasteiger partial charge on any atom is 0.307 e. The Morgan fingerprint density at radius 3 is 1.94 bits per heavy atom. The first kappa shape index (κ1) is 16.4. The molecule has 3 heteroatoms. The van der Waals surface area contributed by atoms with E-state index in [-0.39, 0.29) is 5.92 Å². The summed E-state index contributed by atoms with van der Waals surface area (Å²) < 4.78 is 0. The van der Waals surface area contributed by atoms with Gasteiger partial charge >= 0.3 is 5.97 Å². The molecule has 0 saturated carbocycles. The molecule has 0 aromatic carbocycles. The maximum atomic E-state index is 11.0. The van der Waals surface area contributed by atoms with Crippen molar-refractivity contribution in [3.8, 4) is 0 Å². The molecule has 102 valence electrons. The van der Waals surface area contributed by atoms with E-state index in [1.54, 1.807) is 0 Å². The van der Waals surface area contributed by atoms with E-state index in [4.69, 9.17) is 5.11 Å². The van der Waals surface area contributed by atoms with Crippen molar-refractivity contribution in [2.24, 2.45) is 23.7 Å². The van der Waals surface area contributed by atoms with E-state index in [2.05, 4.69) is 39.9 Å². The quantitative estimate of drug-likeness (QED) is 0.654. The van der Waals surface area contributed by atoms with Gasteiger partial charge in [0.1, 0.15) is 0 Å². The lowest BCUT2D eigenvalue weighted by molar-refractivity contribution is -0.142. The third-order valence-corrected chi connectivity index (χ3v) is 2.86. The zero-order valence-electron chi connectivity index (χ0n) is 12.0. The summed E-state index contributed by atoms with van der Waals surface area (Å²) in [6.45, 7) is 12.3. The number of nitrogens with one attached hydrogen (secondary N) is 1. The molecule has 0 heterocycles. The van der Waals surface area contributed by atoms with Crippen molar-refractivity contribution < 1.29 is 9.90 Å². The second kappa shape index (κ2) is 8.51. The fourth-order valence-electron chi connectivity index (χ4n) is 2.23. The fraction of sp³-hybridized carbons (Fsp3) is 0.929. The summed E-state index contributed by atoms with van der Waals surface area (Å²) in [7, 11) is 0. The predicted octanol–water partition coefficient (Wildman–Crippen LogP) is 3.01. The lowest BCUT2D eigenvalue weighted by atomic mass is 9.96. The van der Waals surface area contributed by atoms with E-state index < -0.39 is 5.97 Å². The third kappa shape index (κ3) is 9.16. The summed E-state index contributed by atoms with van der Waals surface area (Å²) in [6.07, 6.45) is 1.94. The van der Waals surface area contributed by atoms with E-state index in [1.165, 1.54) is 6.42 Å². The van der Waals surface area contributed by atoms with Gasteiger partial charge in [0.15, 0.2) is 0 Å². The molecule has 0 rings (SSSR count). The average Bonchev–Trinajstić information content (AvgIpc) is 2.13. The summed E-state index contributed by atoms with van der Waals surface area (Å²) in [6, 6.07) is 0. The topological polar surface area (TPSA) is 49.3 Å². The van der Waals surface area contributed by atoms with Crippen molar-refractivity contribution in [3.05, 3.63) is 0 Å². The average molecular weight is 243 g/mol. The fourth-order valence-corrected chi connectivity index (χ4v) is 2.23. The van der Waals surface area contributed by atoms with Gasteiger partial charge in [-0.25, -0.2) is 0 Å². The van der Waals surface area contributed by atoms with Gasteiger partial charge in [-0.05, 0) is 37.1 Å². The first-order valence-electron chi connectivity index (χ1n) is 6.76. The standard InChI is InChI=1S/C14H29NO2/c1-10(2)6-12(5)8-15-9-13(14(16)17)7-11(3)4/h10-13,15H,6-9H2,1-5H3,(H,16,17). The molecular formula is C14H29NO2. The molecule has 0 saturated heterocycles. The monoisotopic (exact) mass is 243 g/mol. The molecule has 17 heavy (non-hydrogen) atoms. The predicted molar refractivity (Wildman–Crippen MR) is 72.1 cm³/mol. The van der Waals surface area contributed by atoms with E-state index in [1.807, 2.05) is 0 Å². The molecule has 3 nitrogen and oxygen atoms in total. The first-order valence-corrected chi connectivity index (χ1v) is 6.76. The van der Waals surface area contributed by atoms with Crippen LogP contribution in [0.25, 0.3) is 0 Å². The molecule has 0 aromatic heterocycles. The number of aliphatic carboxylic acids is 1. The van der Waals surface area contributed by atoms with Gasteiger partial charge in [0.2, 0.25) is 0 Å².